The topological polar surface area (TPSA) is 38.7 Å². The van der Waals surface area contributed by atoms with Crippen molar-refractivity contribution in [3.8, 4) is 11.5 Å². The second kappa shape index (κ2) is 5.65. The van der Waals surface area contributed by atoms with Gasteiger partial charge in [-0.05, 0) is 36.8 Å². The number of aliphatic hydroxyl groups is 1. The lowest BCUT2D eigenvalue weighted by Crippen LogP contribution is -2.35. The molecule has 1 N–H and O–H groups in total. The number of ether oxygens (including phenoxy) is 2. The van der Waals surface area contributed by atoms with Gasteiger partial charge in [0.1, 0.15) is 17.6 Å². The third kappa shape index (κ3) is 2.64. The van der Waals surface area contributed by atoms with E-state index in [2.05, 4.69) is 6.92 Å². The van der Waals surface area contributed by atoms with Gasteiger partial charge < -0.3 is 14.6 Å². The number of methoxy groups -OCH3 is 1. The molecule has 1 heterocycles. The van der Waals surface area contributed by atoms with Crippen molar-refractivity contribution in [2.45, 2.75) is 51.2 Å². The molecule has 0 radical (unpaired) electrons. The molecule has 0 aromatic heterocycles. The third-order valence-corrected chi connectivity index (χ3v) is 4.82. The summed E-state index contributed by atoms with van der Waals surface area (Å²) in [5.74, 6) is 2.94. The van der Waals surface area contributed by atoms with E-state index < -0.39 is 6.10 Å². The number of benzene rings is 1. The van der Waals surface area contributed by atoms with Crippen molar-refractivity contribution < 1.29 is 14.6 Å². The summed E-state index contributed by atoms with van der Waals surface area (Å²) in [5.41, 5.74) is 0.894. The van der Waals surface area contributed by atoms with Crippen molar-refractivity contribution in [2.75, 3.05) is 7.11 Å². The molecule has 110 valence electrons. The lowest BCUT2D eigenvalue weighted by atomic mass is 9.77. The van der Waals surface area contributed by atoms with E-state index in [1.807, 2.05) is 18.2 Å². The molecule has 0 spiro atoms. The molecular weight excluding hydrogens is 252 g/mol. The van der Waals surface area contributed by atoms with Crippen molar-refractivity contribution in [2.24, 2.45) is 11.8 Å². The van der Waals surface area contributed by atoms with Gasteiger partial charge in [0.25, 0.3) is 0 Å². The second-order valence-corrected chi connectivity index (χ2v) is 6.34. The molecule has 0 saturated heterocycles. The molecule has 1 aromatic carbocycles. The van der Waals surface area contributed by atoms with Gasteiger partial charge in [0.05, 0.1) is 13.2 Å². The van der Waals surface area contributed by atoms with Gasteiger partial charge in [-0.3, -0.25) is 0 Å². The molecule has 1 aromatic rings. The minimum atomic E-state index is -0.410. The van der Waals surface area contributed by atoms with Crippen LogP contribution in [0.5, 0.6) is 11.5 Å². The molecule has 3 unspecified atom stereocenters. The molecule has 20 heavy (non-hydrogen) atoms. The first-order chi connectivity index (χ1) is 9.67. The molecule has 4 atom stereocenters. The zero-order chi connectivity index (χ0) is 14.1. The minimum absolute atomic E-state index is 0.146. The number of aliphatic hydroxyl groups excluding tert-OH is 1. The van der Waals surface area contributed by atoms with Gasteiger partial charge in [-0.25, -0.2) is 0 Å². The standard InChI is InChI=1S/C17H24O3/c1-11-4-3-5-12(8-11)16-10-15(18)14-7-6-13(19-2)9-17(14)20-16/h6-7,9,11-12,15-16,18H,3-5,8,10H2,1-2H3/t11?,12?,15-,16?/m0/s1. The van der Waals surface area contributed by atoms with E-state index in [-0.39, 0.29) is 6.10 Å². The highest BCUT2D eigenvalue weighted by Gasteiger charge is 2.34. The SMILES string of the molecule is COc1ccc2c(c1)OC(C1CCCC(C)C1)C[C@@H]2O. The fourth-order valence-electron chi connectivity index (χ4n) is 3.68. The zero-order valence-corrected chi connectivity index (χ0v) is 12.3. The van der Waals surface area contributed by atoms with Crippen LogP contribution in [-0.4, -0.2) is 18.3 Å². The first kappa shape index (κ1) is 13.7. The van der Waals surface area contributed by atoms with Crippen LogP contribution in [0.4, 0.5) is 0 Å². The van der Waals surface area contributed by atoms with E-state index in [0.29, 0.717) is 5.92 Å². The van der Waals surface area contributed by atoms with Crippen LogP contribution in [-0.2, 0) is 0 Å². The van der Waals surface area contributed by atoms with Crippen LogP contribution in [0.3, 0.4) is 0 Å². The van der Waals surface area contributed by atoms with E-state index in [1.54, 1.807) is 7.11 Å². The molecule has 2 aliphatic rings. The van der Waals surface area contributed by atoms with Gasteiger partial charge in [-0.1, -0.05) is 19.8 Å². The predicted octanol–water partition coefficient (Wildman–Crippen LogP) is 3.71. The molecule has 1 aliphatic carbocycles. The van der Waals surface area contributed by atoms with Gasteiger partial charge in [0, 0.05) is 18.1 Å². The predicted molar refractivity (Wildman–Crippen MR) is 78.1 cm³/mol. The summed E-state index contributed by atoms with van der Waals surface area (Å²) in [6.45, 7) is 2.32. The van der Waals surface area contributed by atoms with Gasteiger partial charge in [-0.15, -0.1) is 0 Å². The Morgan fingerprint density at radius 3 is 2.85 bits per heavy atom. The highest BCUT2D eigenvalue weighted by molar-refractivity contribution is 5.43. The number of fused-ring (bicyclic) bond motifs is 1. The lowest BCUT2D eigenvalue weighted by Gasteiger charge is -2.38. The Labute approximate surface area is 120 Å². The smallest absolute Gasteiger partial charge is 0.129 e. The van der Waals surface area contributed by atoms with E-state index in [0.717, 1.165) is 29.4 Å². The van der Waals surface area contributed by atoms with E-state index in [1.165, 1.54) is 25.7 Å². The van der Waals surface area contributed by atoms with Gasteiger partial charge in [0.2, 0.25) is 0 Å². The summed E-state index contributed by atoms with van der Waals surface area (Å²) in [7, 11) is 1.65. The van der Waals surface area contributed by atoms with Gasteiger partial charge >= 0.3 is 0 Å². The van der Waals surface area contributed by atoms with E-state index >= 15 is 0 Å². The monoisotopic (exact) mass is 276 g/mol. The van der Waals surface area contributed by atoms with E-state index in [4.69, 9.17) is 9.47 Å². The highest BCUT2D eigenvalue weighted by Crippen LogP contribution is 2.42. The molecule has 1 fully saturated rings. The maximum absolute atomic E-state index is 10.4. The van der Waals surface area contributed by atoms with Crippen LogP contribution in [0.25, 0.3) is 0 Å². The lowest BCUT2D eigenvalue weighted by molar-refractivity contribution is 0.0170. The zero-order valence-electron chi connectivity index (χ0n) is 12.3. The highest BCUT2D eigenvalue weighted by atomic mass is 16.5. The van der Waals surface area contributed by atoms with Crippen molar-refractivity contribution in [3.05, 3.63) is 23.8 Å². The van der Waals surface area contributed by atoms with Crippen LogP contribution >= 0.6 is 0 Å². The quantitative estimate of drug-likeness (QED) is 0.895. The summed E-state index contributed by atoms with van der Waals surface area (Å²) in [6.07, 6.45) is 5.51. The molecule has 1 saturated carbocycles. The Bertz CT molecular complexity index is 471. The largest absolute Gasteiger partial charge is 0.497 e. The Kier molecular flexibility index (Phi) is 3.88. The first-order valence-corrected chi connectivity index (χ1v) is 7.70. The Hall–Kier alpha value is -1.22. The molecule has 0 bridgehead atoms. The number of hydrogen-bond donors (Lipinski definition) is 1. The number of rotatable bonds is 2. The summed E-state index contributed by atoms with van der Waals surface area (Å²) in [6, 6.07) is 5.70. The van der Waals surface area contributed by atoms with Crippen molar-refractivity contribution in [3.63, 3.8) is 0 Å². The van der Waals surface area contributed by atoms with Gasteiger partial charge in [-0.2, -0.15) is 0 Å². The van der Waals surface area contributed by atoms with Crippen molar-refractivity contribution >= 4 is 0 Å². The average molecular weight is 276 g/mol. The summed E-state index contributed by atoms with van der Waals surface area (Å²) < 4.78 is 11.4. The summed E-state index contributed by atoms with van der Waals surface area (Å²) in [5, 5.41) is 10.4. The average Bonchev–Trinajstić information content (AvgIpc) is 2.46. The molecular formula is C17H24O3. The molecule has 3 rings (SSSR count). The number of hydrogen-bond acceptors (Lipinski definition) is 3. The molecule has 1 aliphatic heterocycles. The van der Waals surface area contributed by atoms with Crippen LogP contribution in [0.2, 0.25) is 0 Å². The fourth-order valence-corrected chi connectivity index (χ4v) is 3.68. The minimum Gasteiger partial charge on any atom is -0.497 e. The van der Waals surface area contributed by atoms with Crippen LogP contribution in [0.15, 0.2) is 18.2 Å². The maximum atomic E-state index is 10.4. The normalized spacial score (nSPS) is 33.1. The molecule has 0 amide bonds. The second-order valence-electron chi connectivity index (χ2n) is 6.34. The Balaban J connectivity index is 1.80. The maximum Gasteiger partial charge on any atom is 0.129 e. The first-order valence-electron chi connectivity index (χ1n) is 7.70. The van der Waals surface area contributed by atoms with Crippen LogP contribution in [0, 0.1) is 11.8 Å². The van der Waals surface area contributed by atoms with Crippen LogP contribution in [0.1, 0.15) is 50.7 Å². The van der Waals surface area contributed by atoms with Crippen LogP contribution < -0.4 is 9.47 Å². The van der Waals surface area contributed by atoms with Gasteiger partial charge in [0.15, 0.2) is 0 Å². The van der Waals surface area contributed by atoms with Crippen molar-refractivity contribution in [1.82, 2.24) is 0 Å². The fraction of sp³-hybridized carbons (Fsp3) is 0.647. The molecule has 3 nitrogen and oxygen atoms in total. The Morgan fingerprint density at radius 1 is 1.25 bits per heavy atom. The van der Waals surface area contributed by atoms with Crippen molar-refractivity contribution in [1.29, 1.82) is 0 Å². The summed E-state index contributed by atoms with van der Waals surface area (Å²) >= 11 is 0. The summed E-state index contributed by atoms with van der Waals surface area (Å²) in [4.78, 5) is 0. The third-order valence-electron chi connectivity index (χ3n) is 4.82. The Morgan fingerprint density at radius 2 is 2.10 bits per heavy atom. The molecule has 3 heteroatoms. The van der Waals surface area contributed by atoms with E-state index in [9.17, 15) is 5.11 Å².